The van der Waals surface area contributed by atoms with Crippen LogP contribution < -0.4 is 5.69 Å². The van der Waals surface area contributed by atoms with Gasteiger partial charge in [-0.3, -0.25) is 4.79 Å². The third-order valence-corrected chi connectivity index (χ3v) is 4.29. The van der Waals surface area contributed by atoms with Gasteiger partial charge in [0.2, 0.25) is 0 Å². The predicted molar refractivity (Wildman–Crippen MR) is 100 cm³/mol. The highest BCUT2D eigenvalue weighted by molar-refractivity contribution is 6.02. The van der Waals surface area contributed by atoms with Gasteiger partial charge in [0.1, 0.15) is 17.0 Å². The molecule has 140 valence electrons. The predicted octanol–water partition coefficient (Wildman–Crippen LogP) is 2.86. The Morgan fingerprint density at radius 3 is 2.61 bits per heavy atom. The van der Waals surface area contributed by atoms with E-state index in [2.05, 4.69) is 15.1 Å². The molecule has 0 aliphatic heterocycles. The van der Waals surface area contributed by atoms with Crippen LogP contribution in [0, 0.1) is 6.92 Å². The van der Waals surface area contributed by atoms with E-state index in [1.165, 1.54) is 6.07 Å². The van der Waals surface area contributed by atoms with Crippen LogP contribution in [0.4, 0.5) is 0 Å². The highest BCUT2D eigenvalue weighted by atomic mass is 16.5. The zero-order valence-corrected chi connectivity index (χ0v) is 14.8. The Labute approximate surface area is 158 Å². The fraction of sp³-hybridized carbons (Fsp3) is 0.100. The first-order valence-corrected chi connectivity index (χ1v) is 8.47. The first kappa shape index (κ1) is 17.5. The molecule has 4 aromatic rings. The van der Waals surface area contributed by atoms with Gasteiger partial charge in [0.15, 0.2) is 12.4 Å². The van der Waals surface area contributed by atoms with Gasteiger partial charge in [-0.05, 0) is 25.1 Å². The minimum absolute atomic E-state index is 0.185. The number of hydrogen-bond acceptors (Lipinski definition) is 6. The Bertz CT molecular complexity index is 1230. The highest BCUT2D eigenvalue weighted by Gasteiger charge is 2.23. The average Bonchev–Trinajstić information content (AvgIpc) is 3.27. The number of aryl methyl sites for hydroxylation is 1. The van der Waals surface area contributed by atoms with Gasteiger partial charge < -0.3 is 19.2 Å². The van der Waals surface area contributed by atoms with Crippen molar-refractivity contribution >= 4 is 22.8 Å². The number of H-pyrrole nitrogens is 2. The van der Waals surface area contributed by atoms with Crippen molar-refractivity contribution in [1.82, 2.24) is 15.1 Å². The van der Waals surface area contributed by atoms with Crippen LogP contribution in [0.3, 0.4) is 0 Å². The maximum absolute atomic E-state index is 12.5. The molecule has 0 radical (unpaired) electrons. The number of benzene rings is 2. The number of aromatic amines is 2. The molecule has 8 nitrogen and oxygen atoms in total. The number of ketones is 1. The van der Waals surface area contributed by atoms with E-state index < -0.39 is 18.4 Å². The van der Waals surface area contributed by atoms with Crippen LogP contribution in [-0.4, -0.2) is 33.5 Å². The van der Waals surface area contributed by atoms with Crippen molar-refractivity contribution in [2.45, 2.75) is 6.92 Å². The third kappa shape index (κ3) is 3.23. The lowest BCUT2D eigenvalue weighted by Crippen LogP contribution is -2.15. The second kappa shape index (κ2) is 6.99. The summed E-state index contributed by atoms with van der Waals surface area (Å²) in [6.07, 6.45) is 0. The largest absolute Gasteiger partial charge is 0.454 e. The minimum Gasteiger partial charge on any atom is -0.454 e. The summed E-state index contributed by atoms with van der Waals surface area (Å²) < 4.78 is 10.3. The molecule has 2 aromatic carbocycles. The summed E-state index contributed by atoms with van der Waals surface area (Å²) in [6.45, 7) is 1.16. The fourth-order valence-electron chi connectivity index (χ4n) is 2.90. The number of nitrogens with one attached hydrogen (secondary N) is 2. The topological polar surface area (TPSA) is 118 Å². The first-order valence-electron chi connectivity index (χ1n) is 8.47. The number of carbonyl (C=O) groups is 2. The monoisotopic (exact) mass is 377 g/mol. The van der Waals surface area contributed by atoms with Gasteiger partial charge in [-0.1, -0.05) is 35.5 Å². The van der Waals surface area contributed by atoms with E-state index >= 15 is 0 Å². The van der Waals surface area contributed by atoms with Gasteiger partial charge in [0.25, 0.3) is 0 Å². The molecule has 4 rings (SSSR count). The van der Waals surface area contributed by atoms with E-state index in [1.807, 2.05) is 18.2 Å². The lowest BCUT2D eigenvalue weighted by Gasteiger charge is -2.05. The van der Waals surface area contributed by atoms with Crippen molar-refractivity contribution in [3.05, 3.63) is 75.9 Å². The minimum atomic E-state index is -0.693. The van der Waals surface area contributed by atoms with Crippen molar-refractivity contribution < 1.29 is 18.8 Å². The third-order valence-electron chi connectivity index (χ3n) is 4.29. The van der Waals surface area contributed by atoms with Crippen LogP contribution in [-0.2, 0) is 4.74 Å². The van der Waals surface area contributed by atoms with Crippen LogP contribution in [0.25, 0.3) is 22.3 Å². The number of esters is 1. The van der Waals surface area contributed by atoms with Crippen LogP contribution in [0.2, 0.25) is 0 Å². The molecule has 2 heterocycles. The van der Waals surface area contributed by atoms with Crippen LogP contribution >= 0.6 is 0 Å². The molecule has 0 bridgehead atoms. The average molecular weight is 377 g/mol. The van der Waals surface area contributed by atoms with Gasteiger partial charge in [-0.2, -0.15) is 0 Å². The number of ether oxygens (including phenoxy) is 1. The van der Waals surface area contributed by atoms with E-state index in [4.69, 9.17) is 9.26 Å². The molecule has 0 saturated carbocycles. The quantitative estimate of drug-likeness (QED) is 0.408. The molecular formula is C20H15N3O5. The normalized spacial score (nSPS) is 10.9. The molecule has 0 amide bonds. The standard InChI is InChI=1S/C20H15N3O5/c1-11-17(18(23-28-11)12-5-3-2-4-6-12)19(25)27-10-16(24)13-7-8-14-15(9-13)22-20(26)21-14/h2-9H,10H2,1H3,(H2,21,22,26). The van der Waals surface area contributed by atoms with E-state index in [1.54, 1.807) is 31.2 Å². The maximum Gasteiger partial charge on any atom is 0.344 e. The van der Waals surface area contributed by atoms with Gasteiger partial charge in [-0.15, -0.1) is 0 Å². The van der Waals surface area contributed by atoms with Crippen LogP contribution in [0.1, 0.15) is 26.5 Å². The number of Topliss-reactive ketones (excluding diaryl/α,β-unsaturated/α-hetero) is 1. The van der Waals surface area contributed by atoms with Crippen molar-refractivity contribution in [3.63, 3.8) is 0 Å². The molecule has 0 aliphatic carbocycles. The Morgan fingerprint density at radius 2 is 1.82 bits per heavy atom. The number of nitrogens with zero attached hydrogens (tertiary/aromatic N) is 1. The molecule has 0 spiro atoms. The number of hydrogen-bond donors (Lipinski definition) is 2. The van der Waals surface area contributed by atoms with Gasteiger partial charge in [-0.25, -0.2) is 9.59 Å². The van der Waals surface area contributed by atoms with Crippen molar-refractivity contribution in [1.29, 1.82) is 0 Å². The Balaban J connectivity index is 1.52. The number of fused-ring (bicyclic) bond motifs is 1. The summed E-state index contributed by atoms with van der Waals surface area (Å²) in [4.78, 5) is 41.4. The Hall–Kier alpha value is -3.94. The number of rotatable bonds is 5. The molecule has 0 aliphatic rings. The van der Waals surface area contributed by atoms with Crippen LogP contribution in [0.15, 0.2) is 57.8 Å². The van der Waals surface area contributed by atoms with E-state index in [-0.39, 0.29) is 11.3 Å². The Kier molecular flexibility index (Phi) is 4.36. The molecule has 0 atom stereocenters. The molecular weight excluding hydrogens is 362 g/mol. The lowest BCUT2D eigenvalue weighted by molar-refractivity contribution is 0.0473. The molecule has 28 heavy (non-hydrogen) atoms. The summed E-state index contributed by atoms with van der Waals surface area (Å²) in [7, 11) is 0. The maximum atomic E-state index is 12.5. The summed E-state index contributed by atoms with van der Waals surface area (Å²) in [5.41, 5.74) is 2.31. The molecule has 2 N–H and O–H groups in total. The van der Waals surface area contributed by atoms with Crippen molar-refractivity contribution in [3.8, 4) is 11.3 Å². The molecule has 0 unspecified atom stereocenters. The smallest absolute Gasteiger partial charge is 0.344 e. The highest BCUT2D eigenvalue weighted by Crippen LogP contribution is 2.25. The first-order chi connectivity index (χ1) is 13.5. The molecule has 0 saturated heterocycles. The summed E-state index contributed by atoms with van der Waals surface area (Å²) in [5.74, 6) is -0.780. The van der Waals surface area contributed by atoms with E-state index in [0.29, 0.717) is 33.6 Å². The second-order valence-corrected chi connectivity index (χ2v) is 6.17. The second-order valence-electron chi connectivity index (χ2n) is 6.17. The van der Waals surface area contributed by atoms with E-state index in [0.717, 1.165) is 0 Å². The summed E-state index contributed by atoms with van der Waals surface area (Å²) >= 11 is 0. The number of aromatic nitrogens is 3. The zero-order chi connectivity index (χ0) is 19.7. The fourth-order valence-corrected chi connectivity index (χ4v) is 2.90. The van der Waals surface area contributed by atoms with Crippen LogP contribution in [0.5, 0.6) is 0 Å². The zero-order valence-electron chi connectivity index (χ0n) is 14.8. The van der Waals surface area contributed by atoms with Crippen molar-refractivity contribution in [2.75, 3.05) is 6.61 Å². The van der Waals surface area contributed by atoms with Gasteiger partial charge in [0.05, 0.1) is 11.0 Å². The van der Waals surface area contributed by atoms with Gasteiger partial charge in [0, 0.05) is 11.1 Å². The summed E-state index contributed by atoms with van der Waals surface area (Å²) in [5, 5.41) is 3.93. The molecule has 8 heteroatoms. The summed E-state index contributed by atoms with van der Waals surface area (Å²) in [6, 6.07) is 13.8. The SMILES string of the molecule is Cc1onc(-c2ccccc2)c1C(=O)OCC(=O)c1ccc2[nH]c(=O)[nH]c2c1. The van der Waals surface area contributed by atoms with Crippen molar-refractivity contribution in [2.24, 2.45) is 0 Å². The molecule has 2 aromatic heterocycles. The van der Waals surface area contributed by atoms with Gasteiger partial charge >= 0.3 is 11.7 Å². The lowest BCUT2D eigenvalue weighted by atomic mass is 10.1. The number of imidazole rings is 1. The molecule has 0 fully saturated rings. The number of carbonyl (C=O) groups excluding carboxylic acids is 2. The Morgan fingerprint density at radius 1 is 1.07 bits per heavy atom. The van der Waals surface area contributed by atoms with E-state index in [9.17, 15) is 14.4 Å².